The third-order valence-electron chi connectivity index (χ3n) is 5.68. The molecular weight excluding hydrogens is 452 g/mol. The Kier molecular flexibility index (Phi) is 6.40. The monoisotopic (exact) mass is 476 g/mol. The van der Waals surface area contributed by atoms with Gasteiger partial charge < -0.3 is 24.8 Å². The van der Waals surface area contributed by atoms with Crippen molar-refractivity contribution in [3.8, 4) is 22.8 Å². The van der Waals surface area contributed by atoms with Gasteiger partial charge in [-0.05, 0) is 42.3 Å². The Labute approximate surface area is 201 Å². The molecule has 1 saturated heterocycles. The van der Waals surface area contributed by atoms with Crippen LogP contribution in [0.5, 0.6) is 11.6 Å². The Morgan fingerprint density at radius 3 is 3.00 bits per heavy atom. The molecule has 2 amide bonds. The number of hydrogen-bond donors (Lipinski definition) is 2. The van der Waals surface area contributed by atoms with Crippen LogP contribution in [0.2, 0.25) is 0 Å². The van der Waals surface area contributed by atoms with Crippen molar-refractivity contribution >= 4 is 23.6 Å². The molecule has 1 atom stereocenters. The van der Waals surface area contributed by atoms with Gasteiger partial charge in [0.2, 0.25) is 5.88 Å². The van der Waals surface area contributed by atoms with Crippen molar-refractivity contribution in [2.24, 2.45) is 0 Å². The molecule has 4 heterocycles. The van der Waals surface area contributed by atoms with Crippen LogP contribution in [0.15, 0.2) is 48.7 Å². The highest BCUT2D eigenvalue weighted by Gasteiger charge is 2.33. The Hall–Kier alpha value is -4.25. The molecule has 0 bridgehead atoms. The van der Waals surface area contributed by atoms with Gasteiger partial charge in [0, 0.05) is 18.2 Å². The van der Waals surface area contributed by atoms with E-state index >= 15 is 0 Å². The number of aromatic nitrogens is 3. The lowest BCUT2D eigenvalue weighted by Gasteiger charge is -2.19. The lowest BCUT2D eigenvalue weighted by Crippen LogP contribution is -2.29. The number of nitrogens with one attached hydrogen (secondary N) is 2. The Bertz CT molecular complexity index is 1250. The van der Waals surface area contributed by atoms with E-state index in [9.17, 15) is 9.59 Å². The van der Waals surface area contributed by atoms with Crippen LogP contribution < -0.4 is 25.0 Å². The second kappa shape index (κ2) is 9.94. The van der Waals surface area contributed by atoms with Gasteiger partial charge in [0.15, 0.2) is 18.2 Å². The average Bonchev–Trinajstić information content (AvgIpc) is 3.26. The predicted molar refractivity (Wildman–Crippen MR) is 126 cm³/mol. The van der Waals surface area contributed by atoms with Crippen molar-refractivity contribution in [3.63, 3.8) is 0 Å². The van der Waals surface area contributed by atoms with E-state index in [2.05, 4.69) is 31.9 Å². The molecule has 0 spiro atoms. The summed E-state index contributed by atoms with van der Waals surface area (Å²) in [5.74, 6) is 1.38. The quantitative estimate of drug-likeness (QED) is 0.471. The number of ether oxygens (including phenoxy) is 3. The van der Waals surface area contributed by atoms with E-state index in [1.165, 1.54) is 4.90 Å². The van der Waals surface area contributed by atoms with E-state index in [0.29, 0.717) is 49.3 Å². The minimum absolute atomic E-state index is 0.0468. The van der Waals surface area contributed by atoms with Crippen LogP contribution >= 0.6 is 0 Å². The molecule has 11 heteroatoms. The highest BCUT2D eigenvalue weighted by molar-refractivity contribution is 5.95. The first kappa shape index (κ1) is 22.5. The molecule has 2 aromatic heterocycles. The van der Waals surface area contributed by atoms with Crippen molar-refractivity contribution in [2.45, 2.75) is 19.1 Å². The highest BCUT2D eigenvalue weighted by Crippen LogP contribution is 2.30. The van der Waals surface area contributed by atoms with Gasteiger partial charge >= 0.3 is 6.09 Å². The first-order chi connectivity index (χ1) is 17.1. The van der Waals surface area contributed by atoms with Crippen molar-refractivity contribution in [2.75, 3.05) is 37.0 Å². The van der Waals surface area contributed by atoms with Crippen LogP contribution in [0.25, 0.3) is 11.1 Å². The van der Waals surface area contributed by atoms with Gasteiger partial charge in [0.25, 0.3) is 5.91 Å². The molecule has 1 aromatic carbocycles. The maximum Gasteiger partial charge on any atom is 0.415 e. The number of cyclic esters (lactones) is 1. The minimum atomic E-state index is -0.459. The predicted octanol–water partition coefficient (Wildman–Crippen LogP) is 2.38. The van der Waals surface area contributed by atoms with Gasteiger partial charge in [0.1, 0.15) is 11.9 Å². The number of nitrogens with zero attached hydrogens (tertiary/aromatic N) is 4. The van der Waals surface area contributed by atoms with E-state index in [4.69, 9.17) is 14.2 Å². The molecule has 0 aliphatic carbocycles. The van der Waals surface area contributed by atoms with E-state index < -0.39 is 6.09 Å². The SMILES string of the molecule is COc1cc(-c2cccc(CNCCC3CN(c4ccc5c(n4)NC(=O)CO5)C(=O)O3)c2)cnn1. The number of methoxy groups -OCH3 is 1. The van der Waals surface area contributed by atoms with Crippen molar-refractivity contribution in [3.05, 3.63) is 54.2 Å². The average molecular weight is 476 g/mol. The van der Waals surface area contributed by atoms with Crippen LogP contribution in [0.1, 0.15) is 12.0 Å². The summed E-state index contributed by atoms with van der Waals surface area (Å²) in [4.78, 5) is 29.7. The molecule has 2 N–H and O–H groups in total. The van der Waals surface area contributed by atoms with Gasteiger partial charge in [-0.3, -0.25) is 9.69 Å². The van der Waals surface area contributed by atoms with Gasteiger partial charge in [-0.1, -0.05) is 18.2 Å². The van der Waals surface area contributed by atoms with E-state index in [1.54, 1.807) is 25.4 Å². The third-order valence-corrected chi connectivity index (χ3v) is 5.68. The maximum absolute atomic E-state index is 12.4. The van der Waals surface area contributed by atoms with Gasteiger partial charge in [-0.15, -0.1) is 5.10 Å². The summed E-state index contributed by atoms with van der Waals surface area (Å²) in [6, 6.07) is 13.4. The molecule has 1 fully saturated rings. The number of carbonyl (C=O) groups excluding carboxylic acids is 2. The second-order valence-electron chi connectivity index (χ2n) is 8.12. The standard InChI is InChI=1S/C24H24N6O5/c1-33-22-10-17(12-26-29-22)16-4-2-3-15(9-16)11-25-8-7-18-13-30(24(32)35-18)20-6-5-19-23(27-20)28-21(31)14-34-19/h2-6,9-10,12,18,25H,7-8,11,13-14H2,1H3,(H,27,28,31). The molecule has 1 unspecified atom stereocenters. The van der Waals surface area contributed by atoms with Crippen LogP contribution in [0.3, 0.4) is 0 Å². The summed E-state index contributed by atoms with van der Waals surface area (Å²) in [5, 5.41) is 13.9. The number of fused-ring (bicyclic) bond motifs is 1. The van der Waals surface area contributed by atoms with Gasteiger partial charge in [-0.25, -0.2) is 9.78 Å². The zero-order valence-electron chi connectivity index (χ0n) is 19.1. The number of anilines is 2. The van der Waals surface area contributed by atoms with Crippen molar-refractivity contribution in [1.29, 1.82) is 0 Å². The molecule has 2 aliphatic heterocycles. The zero-order chi connectivity index (χ0) is 24.2. The first-order valence-electron chi connectivity index (χ1n) is 11.2. The van der Waals surface area contributed by atoms with Gasteiger partial charge in [-0.2, -0.15) is 5.10 Å². The molecule has 35 heavy (non-hydrogen) atoms. The second-order valence-corrected chi connectivity index (χ2v) is 8.12. The van der Waals surface area contributed by atoms with Crippen molar-refractivity contribution in [1.82, 2.24) is 20.5 Å². The summed E-state index contributed by atoms with van der Waals surface area (Å²) in [6.07, 6.45) is 1.63. The number of amides is 2. The van der Waals surface area contributed by atoms with E-state index in [1.807, 2.05) is 24.3 Å². The van der Waals surface area contributed by atoms with Gasteiger partial charge in [0.05, 0.1) is 19.9 Å². The highest BCUT2D eigenvalue weighted by atomic mass is 16.6. The maximum atomic E-state index is 12.4. The molecule has 2 aliphatic rings. The number of rotatable bonds is 8. The lowest BCUT2D eigenvalue weighted by atomic mass is 10.1. The number of carbonyl (C=O) groups is 2. The van der Waals surface area contributed by atoms with Crippen LogP contribution in [0, 0.1) is 0 Å². The fraction of sp³-hybridized carbons (Fsp3) is 0.292. The summed E-state index contributed by atoms with van der Waals surface area (Å²) in [5.41, 5.74) is 3.07. The summed E-state index contributed by atoms with van der Waals surface area (Å²) in [6.45, 7) is 1.67. The minimum Gasteiger partial charge on any atom is -0.480 e. The summed E-state index contributed by atoms with van der Waals surface area (Å²) >= 11 is 0. The van der Waals surface area contributed by atoms with Crippen LogP contribution in [-0.2, 0) is 16.1 Å². The first-order valence-corrected chi connectivity index (χ1v) is 11.2. The lowest BCUT2D eigenvalue weighted by molar-refractivity contribution is -0.118. The fourth-order valence-corrected chi connectivity index (χ4v) is 3.92. The molecule has 180 valence electrons. The normalized spacial score (nSPS) is 16.8. The van der Waals surface area contributed by atoms with Crippen LogP contribution in [0.4, 0.5) is 16.4 Å². The number of hydrogen-bond acceptors (Lipinski definition) is 9. The Morgan fingerprint density at radius 2 is 2.11 bits per heavy atom. The summed E-state index contributed by atoms with van der Waals surface area (Å²) < 4.78 is 16.0. The Morgan fingerprint density at radius 1 is 1.20 bits per heavy atom. The molecule has 5 rings (SSSR count). The van der Waals surface area contributed by atoms with E-state index in [-0.39, 0.29) is 18.6 Å². The largest absolute Gasteiger partial charge is 0.480 e. The van der Waals surface area contributed by atoms with Crippen molar-refractivity contribution < 1.29 is 23.8 Å². The zero-order valence-corrected chi connectivity index (χ0v) is 19.1. The third kappa shape index (κ3) is 5.14. The van der Waals surface area contributed by atoms with E-state index in [0.717, 1.165) is 16.7 Å². The molecule has 0 radical (unpaired) electrons. The summed E-state index contributed by atoms with van der Waals surface area (Å²) in [7, 11) is 1.56. The molecule has 11 nitrogen and oxygen atoms in total. The van der Waals surface area contributed by atoms with Crippen LogP contribution in [-0.4, -0.2) is 60.1 Å². The smallest absolute Gasteiger partial charge is 0.415 e. The molecular formula is C24H24N6O5. The number of pyridine rings is 1. The fourth-order valence-electron chi connectivity index (χ4n) is 3.92. The molecule has 3 aromatic rings. The Balaban J connectivity index is 1.13. The number of benzene rings is 1. The topological polar surface area (TPSA) is 128 Å². The molecule has 0 saturated carbocycles.